The maximum absolute atomic E-state index is 13.1. The first-order valence-corrected chi connectivity index (χ1v) is 27.7. The van der Waals surface area contributed by atoms with Crippen molar-refractivity contribution >= 4 is 42.4 Å². The topological polar surface area (TPSA) is 550 Å². The van der Waals surface area contributed by atoms with Gasteiger partial charge < -0.3 is 144 Å². The highest BCUT2D eigenvalue weighted by Gasteiger charge is 2.58. The van der Waals surface area contributed by atoms with E-state index >= 15 is 0 Å². The Morgan fingerprint density at radius 2 is 1.20 bits per heavy atom. The number of rotatable bonds is 30. The van der Waals surface area contributed by atoms with Crippen molar-refractivity contribution < 1.29 is 162 Å². The van der Waals surface area contributed by atoms with Crippen LogP contribution in [0.3, 0.4) is 0 Å². The van der Waals surface area contributed by atoms with Crippen LogP contribution in [-0.2, 0) is 92.0 Å². The first-order chi connectivity index (χ1) is 41.8. The Labute approximate surface area is 499 Å². The lowest BCUT2D eigenvalue weighted by molar-refractivity contribution is -0.398. The normalized spacial score (nSPS) is 38.3. The average Bonchev–Trinajstić information content (AvgIpc) is 1.17. The number of hydrogen-bond donors (Lipinski definition) is 17. The first-order valence-electron chi connectivity index (χ1n) is 27.7. The van der Waals surface area contributed by atoms with Crippen molar-refractivity contribution in [2.45, 2.75) is 199 Å². The highest BCUT2D eigenvalue weighted by molar-refractivity contribution is 5.94. The van der Waals surface area contributed by atoms with Crippen molar-refractivity contribution in [3.63, 3.8) is 0 Å². The summed E-state index contributed by atoms with van der Waals surface area (Å²) in [5.41, 5.74) is 0.909. The molecule has 36 nitrogen and oxygen atoms in total. The monoisotopic (exact) mass is 1270 g/mol. The minimum atomic E-state index is -2.39. The fourth-order valence-corrected chi connectivity index (χ4v) is 10.7. The molecule has 0 bridgehead atoms. The minimum Gasteiger partial charge on any atom is -0.477 e. The number of hydrogen-bond acceptors (Lipinski definition) is 32. The smallest absolute Gasteiger partial charge is 0.364 e. The third kappa shape index (κ3) is 17.2. The van der Waals surface area contributed by atoms with Crippen LogP contribution in [0.4, 0.5) is 0 Å². The van der Waals surface area contributed by atoms with Crippen LogP contribution in [0.2, 0.25) is 0 Å². The number of aliphatic hydroxyl groups excluding tert-OH is 13. The van der Waals surface area contributed by atoms with E-state index in [-0.39, 0.29) is 50.3 Å². The Morgan fingerprint density at radius 3 is 1.73 bits per heavy atom. The fourth-order valence-electron chi connectivity index (χ4n) is 10.7. The average molecular weight is 1270 g/mol. The predicted octanol–water partition coefficient (Wildman–Crippen LogP) is -9.54. The van der Waals surface area contributed by atoms with Gasteiger partial charge in [-0.05, 0) is 30.5 Å². The van der Waals surface area contributed by atoms with E-state index in [0.717, 1.165) is 21.0 Å². The number of carbonyl (C=O) groups excluding carboxylic acids is 6. The summed E-state index contributed by atoms with van der Waals surface area (Å²) in [6, 6.07) is 2.89. The Bertz CT molecular complexity index is 2450. The molecule has 88 heavy (non-hydrogen) atoms. The Kier molecular flexibility index (Phi) is 26.7. The molecular formula is C52H77N3O33. The number of ketones is 1. The van der Waals surface area contributed by atoms with E-state index in [1.165, 1.54) is 12.1 Å². The number of carboxylic acids is 1. The van der Waals surface area contributed by atoms with Crippen LogP contribution >= 0.6 is 0 Å². The van der Waals surface area contributed by atoms with Crippen molar-refractivity contribution in [3.8, 4) is 0 Å². The summed E-state index contributed by atoms with van der Waals surface area (Å²) in [5.74, 6) is -7.74. The van der Waals surface area contributed by atoms with Gasteiger partial charge in [0.15, 0.2) is 37.4 Å². The van der Waals surface area contributed by atoms with Crippen LogP contribution in [0.25, 0.3) is 0 Å². The molecule has 1 aromatic rings. The molecule has 0 radical (unpaired) electrons. The van der Waals surface area contributed by atoms with Gasteiger partial charge in [0.05, 0.1) is 38.6 Å². The second kappa shape index (κ2) is 32.7. The standard InChI is InChI=1S/C52H77N3O33/c1-20(61)54-30-34(68)33(67)28(16-57)81-45(30)84-43-37(71)39(73)48(87-50(43)80-19-60)83-41-29(17-58)82-46(31(35(41)69)55-21(2)62)85-42-36(70)38(72)47(86-49(42)79-18-59)78-12-11-53-44(74)23-9-7-22(8-10-23)5-4-6-24(63)13-25-26(64)14-52(77-3,51(75)76)88-40(25)32(66)27(65)15-56/h7-10,18-19,25-43,45-50,56-58,64-73H,4-6,11-17H2,1-3H3,(H,53,74)(H,54,61)(H,55,62)(H,75,76)/t25-,26-,27-,28?,29?,30?,31?,32-,33-,34-,35-,36-,37-,38?,39?,40?,41-,42+,43+,45-,46-,47-,48-,49?,50?,52-/m1/s1. The van der Waals surface area contributed by atoms with Gasteiger partial charge in [-0.1, -0.05) is 12.1 Å². The molecule has 498 valence electrons. The number of aliphatic carboxylic acids is 1. The lowest BCUT2D eigenvalue weighted by Crippen LogP contribution is -2.70. The lowest BCUT2D eigenvalue weighted by Gasteiger charge is -2.49. The van der Waals surface area contributed by atoms with Gasteiger partial charge in [0.2, 0.25) is 24.4 Å². The lowest BCUT2D eigenvalue weighted by atomic mass is 9.80. The summed E-state index contributed by atoms with van der Waals surface area (Å²) < 4.78 is 66.1. The van der Waals surface area contributed by atoms with Gasteiger partial charge in [-0.15, -0.1) is 0 Å². The van der Waals surface area contributed by atoms with Gasteiger partial charge in [-0.2, -0.15) is 0 Å². The van der Waals surface area contributed by atoms with Gasteiger partial charge >= 0.3 is 5.97 Å². The van der Waals surface area contributed by atoms with Crippen LogP contribution in [0.15, 0.2) is 24.3 Å². The molecule has 5 aliphatic heterocycles. The van der Waals surface area contributed by atoms with E-state index in [0.29, 0.717) is 18.4 Å². The molecule has 0 aliphatic carbocycles. The van der Waals surface area contributed by atoms with E-state index in [1.807, 2.05) is 0 Å². The number of aliphatic hydroxyl groups is 13. The van der Waals surface area contributed by atoms with E-state index in [1.54, 1.807) is 12.1 Å². The molecule has 5 aliphatic rings. The SMILES string of the molecule is CO[C@]1(C(=O)O)C[C@@H](O)[C@@H](CC(=O)CCCc2ccc(C(=O)NCCO[C@@H]3OC(OC=O)[C@@H](O[C@H]4OC(CO)[C@@H](O[C@@H]5OC(OC=O)[C@@H](O[C@H]6OC(CO)[C@@H](O)[C@H](O)C6NC(C)=O)[C@H](O)C5O)[C@H](O)C4NC(C)=O)[C@H](O)C3O)cc2)C([C@H](O)[C@H](O)CO)O1. The van der Waals surface area contributed by atoms with E-state index < -0.39 is 209 Å². The number of nitrogens with one attached hydrogen (secondary N) is 3. The number of carboxylic acid groups (broad SMARTS) is 1. The van der Waals surface area contributed by atoms with E-state index in [9.17, 15) is 105 Å². The molecule has 0 spiro atoms. The molecule has 3 amide bonds. The largest absolute Gasteiger partial charge is 0.477 e. The fraction of sp³-hybridized carbons (Fsp3) is 0.750. The molecule has 0 aromatic heterocycles. The van der Waals surface area contributed by atoms with Crippen molar-refractivity contribution in [3.05, 3.63) is 35.4 Å². The molecule has 26 atom stereocenters. The number of benzene rings is 1. The first kappa shape index (κ1) is 71.9. The Morgan fingerprint density at radius 1 is 0.670 bits per heavy atom. The van der Waals surface area contributed by atoms with Crippen molar-refractivity contribution in [2.75, 3.05) is 40.1 Å². The third-order valence-corrected chi connectivity index (χ3v) is 15.3. The van der Waals surface area contributed by atoms with Crippen LogP contribution in [-0.4, -0.2) is 307 Å². The molecule has 0 saturated carbocycles. The number of aryl methyl sites for hydroxylation is 1. The molecule has 5 heterocycles. The quantitative estimate of drug-likeness (QED) is 0.0251. The molecule has 9 unspecified atom stereocenters. The van der Waals surface area contributed by atoms with Crippen molar-refractivity contribution in [2.24, 2.45) is 5.92 Å². The molecule has 5 saturated heterocycles. The molecule has 36 heteroatoms. The maximum Gasteiger partial charge on any atom is 0.364 e. The van der Waals surface area contributed by atoms with E-state index in [2.05, 4.69) is 16.0 Å². The van der Waals surface area contributed by atoms with Gasteiger partial charge in [0.25, 0.3) is 24.6 Å². The second-order valence-electron chi connectivity index (χ2n) is 21.3. The molecule has 17 N–H and O–H groups in total. The van der Waals surface area contributed by atoms with Crippen LogP contribution in [0, 0.1) is 5.92 Å². The van der Waals surface area contributed by atoms with Gasteiger partial charge in [-0.25, -0.2) is 4.79 Å². The number of methoxy groups -OCH3 is 1. The summed E-state index contributed by atoms with van der Waals surface area (Å²) in [6.07, 6.45) is -41.9. The van der Waals surface area contributed by atoms with Crippen molar-refractivity contribution in [1.29, 1.82) is 0 Å². The molecule has 6 rings (SSSR count). The predicted molar refractivity (Wildman–Crippen MR) is 278 cm³/mol. The number of carbonyl (C=O) groups is 7. The number of Topliss-reactive ketones (excluding diaryl/α,β-unsaturated/α-hetero) is 1. The summed E-state index contributed by atoms with van der Waals surface area (Å²) in [5, 5.41) is 156. The summed E-state index contributed by atoms with van der Waals surface area (Å²) in [7, 11) is 1.01. The Hall–Kier alpha value is -5.21. The zero-order valence-electron chi connectivity index (χ0n) is 47.5. The number of amides is 3. The van der Waals surface area contributed by atoms with Gasteiger partial charge in [0, 0.05) is 58.2 Å². The second-order valence-corrected chi connectivity index (χ2v) is 21.3. The zero-order valence-corrected chi connectivity index (χ0v) is 47.5. The molecule has 1 aromatic carbocycles. The zero-order chi connectivity index (χ0) is 64.9. The maximum atomic E-state index is 13.1. The van der Waals surface area contributed by atoms with Crippen LogP contribution in [0.1, 0.15) is 55.5 Å². The third-order valence-electron chi connectivity index (χ3n) is 15.3. The summed E-state index contributed by atoms with van der Waals surface area (Å²) >= 11 is 0. The summed E-state index contributed by atoms with van der Waals surface area (Å²) in [6.45, 7) is -1.68. The highest BCUT2D eigenvalue weighted by Crippen LogP contribution is 2.39. The highest BCUT2D eigenvalue weighted by atomic mass is 16.8. The van der Waals surface area contributed by atoms with Gasteiger partial charge in [0.1, 0.15) is 91.1 Å². The molecule has 5 fully saturated rings. The van der Waals surface area contributed by atoms with E-state index in [4.69, 9.17) is 56.8 Å². The van der Waals surface area contributed by atoms with Crippen molar-refractivity contribution in [1.82, 2.24) is 16.0 Å². The van der Waals surface area contributed by atoms with Crippen LogP contribution < -0.4 is 16.0 Å². The minimum absolute atomic E-state index is 0.0269. The Balaban J connectivity index is 1.01. The summed E-state index contributed by atoms with van der Waals surface area (Å²) in [4.78, 5) is 86.0. The molecular weight excluding hydrogens is 1190 g/mol. The van der Waals surface area contributed by atoms with Crippen LogP contribution in [0.5, 0.6) is 0 Å². The van der Waals surface area contributed by atoms with Gasteiger partial charge in [-0.3, -0.25) is 28.8 Å². The number of ether oxygens (including phenoxy) is 12.